The van der Waals surface area contributed by atoms with Crippen molar-refractivity contribution in [2.45, 2.75) is 32.7 Å². The van der Waals surface area contributed by atoms with Crippen molar-refractivity contribution < 1.29 is 4.74 Å². The van der Waals surface area contributed by atoms with E-state index >= 15 is 0 Å². The molecule has 1 aromatic carbocycles. The molecule has 1 rings (SSSR count). The predicted octanol–water partition coefficient (Wildman–Crippen LogP) is 2.28. The van der Waals surface area contributed by atoms with Gasteiger partial charge in [0, 0.05) is 6.04 Å². The molecule has 2 heteroatoms. The van der Waals surface area contributed by atoms with Gasteiger partial charge in [0.2, 0.25) is 0 Å². The fourth-order valence-electron chi connectivity index (χ4n) is 1.46. The summed E-state index contributed by atoms with van der Waals surface area (Å²) in [5.41, 5.74) is 8.37. The Bertz CT molecular complexity index is 294. The van der Waals surface area contributed by atoms with E-state index in [1.165, 1.54) is 11.1 Å². The van der Waals surface area contributed by atoms with Crippen LogP contribution in [0.2, 0.25) is 0 Å². The van der Waals surface area contributed by atoms with Gasteiger partial charge in [-0.25, -0.2) is 0 Å². The second-order valence-corrected chi connectivity index (χ2v) is 3.81. The summed E-state index contributed by atoms with van der Waals surface area (Å²) in [6, 6.07) is 6.47. The van der Waals surface area contributed by atoms with E-state index in [1.54, 1.807) is 7.11 Å². The number of methoxy groups -OCH3 is 1. The zero-order valence-electron chi connectivity index (χ0n) is 9.21. The Morgan fingerprint density at radius 2 is 2.14 bits per heavy atom. The predicted molar refractivity (Wildman–Crippen MR) is 59.7 cm³/mol. The number of rotatable bonds is 4. The van der Waals surface area contributed by atoms with Crippen LogP contribution in [-0.2, 0) is 6.42 Å². The van der Waals surface area contributed by atoms with E-state index in [-0.39, 0.29) is 6.04 Å². The van der Waals surface area contributed by atoms with Gasteiger partial charge in [-0.3, -0.25) is 0 Å². The van der Waals surface area contributed by atoms with Crippen LogP contribution >= 0.6 is 0 Å². The normalized spacial score (nSPS) is 12.6. The molecule has 0 unspecified atom stereocenters. The molecule has 0 saturated carbocycles. The van der Waals surface area contributed by atoms with Gasteiger partial charge < -0.3 is 10.5 Å². The molecule has 0 spiro atoms. The molecule has 0 bridgehead atoms. The van der Waals surface area contributed by atoms with Crippen molar-refractivity contribution in [1.29, 1.82) is 0 Å². The number of hydrogen-bond donors (Lipinski definition) is 1. The molecule has 0 heterocycles. The molecule has 2 nitrogen and oxygen atoms in total. The van der Waals surface area contributed by atoms with E-state index in [9.17, 15) is 0 Å². The van der Waals surface area contributed by atoms with Gasteiger partial charge >= 0.3 is 0 Å². The average molecular weight is 193 g/mol. The van der Waals surface area contributed by atoms with E-state index < -0.39 is 0 Å². The van der Waals surface area contributed by atoms with Gasteiger partial charge in [0.25, 0.3) is 0 Å². The summed E-state index contributed by atoms with van der Waals surface area (Å²) in [5.74, 6) is 0.923. The van der Waals surface area contributed by atoms with Crippen molar-refractivity contribution in [2.75, 3.05) is 7.11 Å². The molecule has 0 saturated heterocycles. The van der Waals surface area contributed by atoms with Crippen molar-refractivity contribution in [3.05, 3.63) is 29.3 Å². The smallest absolute Gasteiger partial charge is 0.119 e. The summed E-state index contributed by atoms with van der Waals surface area (Å²) in [4.78, 5) is 0. The minimum Gasteiger partial charge on any atom is -0.497 e. The van der Waals surface area contributed by atoms with Crippen LogP contribution in [0.4, 0.5) is 0 Å². The van der Waals surface area contributed by atoms with Crippen molar-refractivity contribution in [1.82, 2.24) is 0 Å². The van der Waals surface area contributed by atoms with Crippen LogP contribution < -0.4 is 10.5 Å². The first kappa shape index (κ1) is 11.1. The Balaban J connectivity index is 2.69. The number of ether oxygens (including phenoxy) is 1. The molecule has 1 atom stereocenters. The molecule has 0 aromatic heterocycles. The van der Waals surface area contributed by atoms with Crippen molar-refractivity contribution in [3.8, 4) is 5.75 Å². The summed E-state index contributed by atoms with van der Waals surface area (Å²) in [7, 11) is 1.69. The van der Waals surface area contributed by atoms with Crippen LogP contribution in [0.15, 0.2) is 18.2 Å². The van der Waals surface area contributed by atoms with Crippen LogP contribution in [0.5, 0.6) is 5.75 Å². The van der Waals surface area contributed by atoms with Crippen LogP contribution in [0, 0.1) is 6.92 Å². The van der Waals surface area contributed by atoms with E-state index in [0.717, 1.165) is 18.6 Å². The van der Waals surface area contributed by atoms with Gasteiger partial charge in [-0.2, -0.15) is 0 Å². The molecule has 0 radical (unpaired) electrons. The third-order valence-electron chi connectivity index (χ3n) is 2.42. The molecule has 0 fully saturated rings. The number of nitrogens with two attached hydrogens (primary N) is 1. The fourth-order valence-corrected chi connectivity index (χ4v) is 1.46. The molecule has 1 aromatic rings. The standard InChI is InChI=1S/C12H19NO/c1-9-8-12(14-3)7-6-11(9)5-4-10(2)13/h6-8,10H,4-5,13H2,1-3H3/t10-/m1/s1. The van der Waals surface area contributed by atoms with Crippen LogP contribution in [0.1, 0.15) is 24.5 Å². The average Bonchev–Trinajstić information content (AvgIpc) is 2.15. The third-order valence-corrected chi connectivity index (χ3v) is 2.42. The Labute approximate surface area is 86.1 Å². The monoisotopic (exact) mass is 193 g/mol. The summed E-state index contributed by atoms with van der Waals surface area (Å²) >= 11 is 0. The lowest BCUT2D eigenvalue weighted by Gasteiger charge is -2.09. The van der Waals surface area contributed by atoms with Gasteiger partial charge in [0.05, 0.1) is 7.11 Å². The van der Waals surface area contributed by atoms with Gasteiger partial charge in [0.1, 0.15) is 5.75 Å². The highest BCUT2D eigenvalue weighted by Crippen LogP contribution is 2.18. The van der Waals surface area contributed by atoms with Gasteiger partial charge in [-0.1, -0.05) is 6.07 Å². The summed E-state index contributed by atoms with van der Waals surface area (Å²) in [5, 5.41) is 0. The van der Waals surface area contributed by atoms with Crippen LogP contribution in [0.25, 0.3) is 0 Å². The minimum absolute atomic E-state index is 0.275. The minimum atomic E-state index is 0.275. The molecule has 0 aliphatic heterocycles. The van der Waals surface area contributed by atoms with E-state index in [1.807, 2.05) is 13.0 Å². The zero-order chi connectivity index (χ0) is 10.6. The first-order valence-corrected chi connectivity index (χ1v) is 5.02. The second-order valence-electron chi connectivity index (χ2n) is 3.81. The van der Waals surface area contributed by atoms with Crippen molar-refractivity contribution >= 4 is 0 Å². The molecular weight excluding hydrogens is 174 g/mol. The number of aryl methyl sites for hydroxylation is 2. The summed E-state index contributed by atoms with van der Waals surface area (Å²) in [6.07, 6.45) is 2.08. The lowest BCUT2D eigenvalue weighted by Crippen LogP contribution is -2.15. The van der Waals surface area contributed by atoms with Crippen LogP contribution in [-0.4, -0.2) is 13.2 Å². The first-order chi connectivity index (χ1) is 6.63. The third kappa shape index (κ3) is 3.04. The van der Waals surface area contributed by atoms with Crippen molar-refractivity contribution in [3.63, 3.8) is 0 Å². The molecule has 2 N–H and O–H groups in total. The van der Waals surface area contributed by atoms with E-state index in [0.29, 0.717) is 0 Å². The first-order valence-electron chi connectivity index (χ1n) is 5.02. The quantitative estimate of drug-likeness (QED) is 0.796. The molecular formula is C12H19NO. The maximum absolute atomic E-state index is 5.72. The summed E-state index contributed by atoms with van der Waals surface area (Å²) in [6.45, 7) is 4.15. The van der Waals surface area contributed by atoms with Gasteiger partial charge in [0.15, 0.2) is 0 Å². The molecule has 78 valence electrons. The highest BCUT2D eigenvalue weighted by Gasteiger charge is 2.01. The van der Waals surface area contributed by atoms with E-state index in [4.69, 9.17) is 10.5 Å². The molecule has 14 heavy (non-hydrogen) atoms. The van der Waals surface area contributed by atoms with Crippen molar-refractivity contribution in [2.24, 2.45) is 5.73 Å². The van der Waals surface area contributed by atoms with Gasteiger partial charge in [-0.15, -0.1) is 0 Å². The topological polar surface area (TPSA) is 35.2 Å². The maximum atomic E-state index is 5.72. The Hall–Kier alpha value is -1.02. The highest BCUT2D eigenvalue weighted by molar-refractivity contribution is 5.34. The Morgan fingerprint density at radius 1 is 1.43 bits per heavy atom. The SMILES string of the molecule is COc1ccc(CC[C@@H](C)N)c(C)c1. The highest BCUT2D eigenvalue weighted by atomic mass is 16.5. The number of benzene rings is 1. The largest absolute Gasteiger partial charge is 0.497 e. The lowest BCUT2D eigenvalue weighted by molar-refractivity contribution is 0.414. The molecule has 0 amide bonds. The van der Waals surface area contributed by atoms with Gasteiger partial charge in [-0.05, 0) is 49.9 Å². The fraction of sp³-hybridized carbons (Fsp3) is 0.500. The molecule has 0 aliphatic carbocycles. The van der Waals surface area contributed by atoms with E-state index in [2.05, 4.69) is 19.1 Å². The van der Waals surface area contributed by atoms with Crippen LogP contribution in [0.3, 0.4) is 0 Å². The lowest BCUT2D eigenvalue weighted by atomic mass is 10.0. The second kappa shape index (κ2) is 5.01. The Kier molecular flexibility index (Phi) is 3.96. The molecule has 0 aliphatic rings. The zero-order valence-corrected chi connectivity index (χ0v) is 9.21. The maximum Gasteiger partial charge on any atom is 0.119 e. The Morgan fingerprint density at radius 3 is 2.64 bits per heavy atom. The summed E-state index contributed by atoms with van der Waals surface area (Å²) < 4.78 is 5.15. The number of hydrogen-bond acceptors (Lipinski definition) is 2.